The minimum atomic E-state index is -0.752. The summed E-state index contributed by atoms with van der Waals surface area (Å²) in [5, 5.41) is 3.28. The van der Waals surface area contributed by atoms with Crippen LogP contribution in [0.3, 0.4) is 0 Å². The number of aromatic nitrogens is 2. The molecule has 0 aliphatic carbocycles. The molecule has 1 spiro atoms. The van der Waals surface area contributed by atoms with Crippen molar-refractivity contribution in [2.75, 3.05) is 32.2 Å². The van der Waals surface area contributed by atoms with Crippen molar-refractivity contribution in [3.8, 4) is 17.4 Å². The van der Waals surface area contributed by atoms with Crippen molar-refractivity contribution in [1.29, 1.82) is 0 Å². The maximum Gasteiger partial charge on any atom is 0.275 e. The molecule has 0 bridgehead atoms. The largest absolute Gasteiger partial charge is 0.480 e. The fourth-order valence-electron chi connectivity index (χ4n) is 4.94. The van der Waals surface area contributed by atoms with Gasteiger partial charge in [-0.2, -0.15) is 0 Å². The van der Waals surface area contributed by atoms with Crippen LogP contribution >= 0.6 is 11.8 Å². The highest BCUT2D eigenvalue weighted by atomic mass is 32.2. The number of rotatable bonds is 4. The molecule has 4 heterocycles. The summed E-state index contributed by atoms with van der Waals surface area (Å²) < 4.78 is 31.4. The number of amides is 1. The van der Waals surface area contributed by atoms with Gasteiger partial charge in [-0.15, -0.1) is 0 Å². The number of nitrogens with one attached hydrogen (secondary N) is 1. The minimum absolute atomic E-state index is 0.139. The molecular weight excluding hydrogens is 509 g/mol. The summed E-state index contributed by atoms with van der Waals surface area (Å²) in [5.41, 5.74) is 10.2. The number of methoxy groups -OCH3 is 1. The number of halogens is 1. The Morgan fingerprint density at radius 2 is 2.11 bits per heavy atom. The van der Waals surface area contributed by atoms with E-state index in [9.17, 15) is 4.79 Å². The van der Waals surface area contributed by atoms with Gasteiger partial charge < -0.3 is 25.3 Å². The van der Waals surface area contributed by atoms with Gasteiger partial charge in [-0.25, -0.2) is 14.4 Å². The number of anilines is 1. The van der Waals surface area contributed by atoms with E-state index in [2.05, 4.69) is 20.3 Å². The molecule has 3 N–H and O–H groups in total. The Kier molecular flexibility index (Phi) is 6.24. The van der Waals surface area contributed by atoms with Gasteiger partial charge in [0.1, 0.15) is 11.4 Å². The molecular formula is C27H24FN5O4S. The predicted octanol–water partition coefficient (Wildman–Crippen LogP) is 4.48. The number of thioether (sulfide) groups is 1. The minimum Gasteiger partial charge on any atom is -0.480 e. The Morgan fingerprint density at radius 1 is 1.21 bits per heavy atom. The molecule has 3 aliphatic heterocycles. The Labute approximate surface area is 222 Å². The molecule has 38 heavy (non-hydrogen) atoms. The van der Waals surface area contributed by atoms with Crippen LogP contribution in [0.4, 0.5) is 10.1 Å². The third kappa shape index (κ3) is 4.27. The molecule has 11 heteroatoms. The molecule has 6 rings (SSSR count). The molecule has 0 radical (unpaired) electrons. The normalized spacial score (nSPS) is 19.9. The summed E-state index contributed by atoms with van der Waals surface area (Å²) >= 11 is 1.38. The molecule has 0 saturated carbocycles. The summed E-state index contributed by atoms with van der Waals surface area (Å²) in [6.07, 6.45) is 5.98. The quantitative estimate of drug-likeness (QED) is 0.504. The predicted molar refractivity (Wildman–Crippen MR) is 142 cm³/mol. The average Bonchev–Trinajstić information content (AvgIpc) is 2.94. The van der Waals surface area contributed by atoms with Crippen LogP contribution in [0.2, 0.25) is 0 Å². The summed E-state index contributed by atoms with van der Waals surface area (Å²) in [5.74, 6) is 0.126. The van der Waals surface area contributed by atoms with Gasteiger partial charge in [0.15, 0.2) is 16.7 Å². The first-order valence-corrected chi connectivity index (χ1v) is 12.9. The maximum atomic E-state index is 15.6. The van der Waals surface area contributed by atoms with Crippen LogP contribution in [0.15, 0.2) is 53.8 Å². The molecule has 9 nitrogen and oxygen atoms in total. The number of carbonyl (C=O) groups excluding carboxylic acids is 1. The van der Waals surface area contributed by atoms with Crippen molar-refractivity contribution in [3.05, 3.63) is 77.0 Å². The van der Waals surface area contributed by atoms with E-state index in [1.807, 2.05) is 18.2 Å². The Morgan fingerprint density at radius 3 is 2.84 bits per heavy atom. The first kappa shape index (κ1) is 24.4. The number of carbonyl (C=O) groups is 1. The highest BCUT2D eigenvalue weighted by molar-refractivity contribution is 8.14. The number of fused-ring (bicyclic) bond motifs is 4. The summed E-state index contributed by atoms with van der Waals surface area (Å²) in [4.78, 5) is 25.4. The number of ether oxygens (including phenoxy) is 3. The van der Waals surface area contributed by atoms with Crippen LogP contribution in [-0.4, -0.2) is 47.9 Å². The number of hydrogen-bond donors (Lipinski definition) is 2. The summed E-state index contributed by atoms with van der Waals surface area (Å²) in [6, 6.07) is 8.78. The lowest BCUT2D eigenvalue weighted by atomic mass is 9.82. The maximum absolute atomic E-state index is 15.6. The molecule has 3 aliphatic rings. The Hall–Kier alpha value is -3.96. The first-order valence-electron chi connectivity index (χ1n) is 12.1. The van der Waals surface area contributed by atoms with Gasteiger partial charge in [-0.3, -0.25) is 9.79 Å². The van der Waals surface area contributed by atoms with Gasteiger partial charge in [0.2, 0.25) is 5.88 Å². The number of benzene rings is 2. The van der Waals surface area contributed by atoms with E-state index in [4.69, 9.17) is 19.9 Å². The number of nitrogens with zero attached hydrogens (tertiary/aromatic N) is 3. The topological polar surface area (TPSA) is 121 Å². The van der Waals surface area contributed by atoms with Crippen LogP contribution < -0.4 is 20.5 Å². The van der Waals surface area contributed by atoms with Crippen LogP contribution in [0.5, 0.6) is 17.4 Å². The Balaban J connectivity index is 1.42. The SMILES string of the molecule is COc1cnc(C(=O)Nc2ccc3c(c2)[C@@]2(CCN=C(N)S2)c2cc(C4=CCOCC4)cc(F)c2O3)cn1. The van der Waals surface area contributed by atoms with Crippen LogP contribution in [-0.2, 0) is 9.48 Å². The van der Waals surface area contributed by atoms with E-state index in [1.165, 1.54) is 37.3 Å². The van der Waals surface area contributed by atoms with Crippen LogP contribution in [0.1, 0.15) is 40.0 Å². The number of aliphatic imine (C=N–C) groups is 1. The second kappa shape index (κ2) is 9.73. The zero-order valence-corrected chi connectivity index (χ0v) is 21.3. The number of nitrogens with two attached hydrogens (primary N) is 1. The van der Waals surface area contributed by atoms with Crippen molar-refractivity contribution < 1.29 is 23.4 Å². The lowest BCUT2D eigenvalue weighted by molar-refractivity contribution is 0.102. The summed E-state index contributed by atoms with van der Waals surface area (Å²) in [6.45, 7) is 1.55. The highest BCUT2D eigenvalue weighted by Gasteiger charge is 2.46. The zero-order chi connectivity index (χ0) is 26.3. The van der Waals surface area contributed by atoms with E-state index in [-0.39, 0.29) is 11.4 Å². The average molecular weight is 534 g/mol. The van der Waals surface area contributed by atoms with Crippen molar-refractivity contribution in [3.63, 3.8) is 0 Å². The molecule has 1 atom stereocenters. The van der Waals surface area contributed by atoms with Gasteiger partial charge >= 0.3 is 0 Å². The standard InChI is InChI=1S/C27H24FN5O4S/c1-35-23-14-31-21(13-32-23)25(34)33-17-2-3-22-18(12-17)27(6-7-30-26(29)38-27)19-10-16(11-20(28)24(19)37-22)15-4-8-36-9-5-15/h2-4,10-14H,5-9H2,1H3,(H2,29,30)(H,33,34)/t27-/m0/s1. The molecule has 0 saturated heterocycles. The van der Waals surface area contributed by atoms with Gasteiger partial charge in [-0.05, 0) is 54.3 Å². The van der Waals surface area contributed by atoms with Gasteiger partial charge in [0.25, 0.3) is 5.91 Å². The number of amidine groups is 1. The molecule has 0 fully saturated rings. The van der Waals surface area contributed by atoms with Crippen molar-refractivity contribution >= 4 is 34.1 Å². The number of hydrogen-bond acceptors (Lipinski definition) is 9. The molecule has 1 aromatic heterocycles. The fourth-order valence-corrected chi connectivity index (χ4v) is 6.18. The summed E-state index contributed by atoms with van der Waals surface area (Å²) in [7, 11) is 1.48. The fraction of sp³-hybridized carbons (Fsp3) is 0.259. The van der Waals surface area contributed by atoms with Gasteiger partial charge in [0, 0.05) is 23.4 Å². The lowest BCUT2D eigenvalue weighted by Gasteiger charge is -2.41. The third-order valence-electron chi connectivity index (χ3n) is 6.78. The van der Waals surface area contributed by atoms with E-state index < -0.39 is 16.5 Å². The molecule has 2 aromatic carbocycles. The lowest BCUT2D eigenvalue weighted by Crippen LogP contribution is -2.35. The Bertz CT molecular complexity index is 1490. The van der Waals surface area contributed by atoms with E-state index in [1.54, 1.807) is 12.1 Å². The third-order valence-corrected chi connectivity index (χ3v) is 8.11. The van der Waals surface area contributed by atoms with E-state index >= 15 is 4.39 Å². The monoisotopic (exact) mass is 533 g/mol. The van der Waals surface area contributed by atoms with Gasteiger partial charge in [-0.1, -0.05) is 17.8 Å². The zero-order valence-electron chi connectivity index (χ0n) is 20.5. The smallest absolute Gasteiger partial charge is 0.275 e. The molecule has 194 valence electrons. The highest BCUT2D eigenvalue weighted by Crippen LogP contribution is 2.58. The molecule has 3 aromatic rings. The van der Waals surface area contributed by atoms with Crippen molar-refractivity contribution in [1.82, 2.24) is 9.97 Å². The van der Waals surface area contributed by atoms with E-state index in [0.717, 1.165) is 16.7 Å². The van der Waals surface area contributed by atoms with Gasteiger partial charge in [0.05, 0.1) is 37.5 Å². The van der Waals surface area contributed by atoms with E-state index in [0.29, 0.717) is 60.6 Å². The van der Waals surface area contributed by atoms with Crippen molar-refractivity contribution in [2.24, 2.45) is 10.7 Å². The second-order valence-electron chi connectivity index (χ2n) is 9.00. The second-order valence-corrected chi connectivity index (χ2v) is 10.3. The molecule has 1 amide bonds. The molecule has 0 unspecified atom stereocenters. The first-order chi connectivity index (χ1) is 18.5. The van der Waals surface area contributed by atoms with Crippen molar-refractivity contribution in [2.45, 2.75) is 17.6 Å². The van der Waals surface area contributed by atoms with Crippen LogP contribution in [0.25, 0.3) is 5.57 Å². The van der Waals surface area contributed by atoms with Crippen LogP contribution in [0, 0.1) is 5.82 Å².